The van der Waals surface area contributed by atoms with Crippen molar-refractivity contribution < 1.29 is 15.0 Å². The minimum absolute atomic E-state index is 0.288. The van der Waals surface area contributed by atoms with Crippen molar-refractivity contribution in [1.29, 1.82) is 0 Å². The molecule has 1 aromatic heterocycles. The molecule has 1 aromatic rings. The Hall–Kier alpha value is -1.73. The minimum atomic E-state index is -1.09. The molecule has 0 fully saturated rings. The molecule has 0 aliphatic heterocycles. The van der Waals surface area contributed by atoms with Gasteiger partial charge in [-0.2, -0.15) is 0 Å². The first kappa shape index (κ1) is 15.3. The SMILES string of the molecule is CCCNc1ncc(CN[C@@H](C(=O)O)[C@@H](C)O)cn1. The van der Waals surface area contributed by atoms with Crippen molar-refractivity contribution >= 4 is 11.9 Å². The number of hydrogen-bond donors (Lipinski definition) is 4. The van der Waals surface area contributed by atoms with Crippen molar-refractivity contribution in [3.05, 3.63) is 18.0 Å². The molecule has 0 saturated carbocycles. The fourth-order valence-electron chi connectivity index (χ4n) is 1.47. The molecule has 0 spiro atoms. The summed E-state index contributed by atoms with van der Waals surface area (Å²) >= 11 is 0. The molecule has 0 aliphatic carbocycles. The van der Waals surface area contributed by atoms with Gasteiger partial charge >= 0.3 is 5.97 Å². The Morgan fingerprint density at radius 3 is 2.53 bits per heavy atom. The Morgan fingerprint density at radius 2 is 2.05 bits per heavy atom. The van der Waals surface area contributed by atoms with E-state index in [0.29, 0.717) is 5.95 Å². The van der Waals surface area contributed by atoms with Crippen LogP contribution in [-0.4, -0.2) is 44.8 Å². The molecule has 1 heterocycles. The molecule has 106 valence electrons. The van der Waals surface area contributed by atoms with Gasteiger partial charge in [0.1, 0.15) is 6.04 Å². The maximum atomic E-state index is 10.9. The van der Waals surface area contributed by atoms with Crippen LogP contribution in [0.5, 0.6) is 0 Å². The second-order valence-corrected chi connectivity index (χ2v) is 4.28. The summed E-state index contributed by atoms with van der Waals surface area (Å²) < 4.78 is 0. The maximum absolute atomic E-state index is 10.9. The van der Waals surface area contributed by atoms with Gasteiger partial charge in [-0.25, -0.2) is 9.97 Å². The summed E-state index contributed by atoms with van der Waals surface area (Å²) in [5.74, 6) is -0.534. The van der Waals surface area contributed by atoms with Gasteiger partial charge in [0.15, 0.2) is 0 Å². The Kier molecular flexibility index (Phi) is 6.17. The summed E-state index contributed by atoms with van der Waals surface area (Å²) in [7, 11) is 0. The summed E-state index contributed by atoms with van der Waals surface area (Å²) in [4.78, 5) is 19.1. The lowest BCUT2D eigenvalue weighted by molar-refractivity contribution is -0.142. The van der Waals surface area contributed by atoms with E-state index in [1.165, 1.54) is 6.92 Å². The molecular weight excluding hydrogens is 248 g/mol. The number of aliphatic hydroxyl groups excluding tert-OH is 1. The minimum Gasteiger partial charge on any atom is -0.480 e. The highest BCUT2D eigenvalue weighted by molar-refractivity contribution is 5.74. The van der Waals surface area contributed by atoms with Crippen molar-refractivity contribution in [2.45, 2.75) is 39.0 Å². The third kappa shape index (κ3) is 5.19. The molecule has 1 rings (SSSR count). The number of carbonyl (C=O) groups is 1. The molecule has 19 heavy (non-hydrogen) atoms. The molecular formula is C12H20N4O3. The van der Waals surface area contributed by atoms with E-state index < -0.39 is 18.1 Å². The number of carboxylic acid groups (broad SMARTS) is 1. The van der Waals surface area contributed by atoms with E-state index in [4.69, 9.17) is 5.11 Å². The van der Waals surface area contributed by atoms with Gasteiger partial charge in [-0.3, -0.25) is 10.1 Å². The van der Waals surface area contributed by atoms with Crippen LogP contribution < -0.4 is 10.6 Å². The van der Waals surface area contributed by atoms with E-state index in [1.807, 2.05) is 6.92 Å². The predicted octanol–water partition coefficient (Wildman–Crippen LogP) is 0.222. The van der Waals surface area contributed by atoms with Crippen LogP contribution in [0.2, 0.25) is 0 Å². The summed E-state index contributed by atoms with van der Waals surface area (Å²) in [6, 6.07) is -1.00. The number of aliphatic hydroxyl groups is 1. The summed E-state index contributed by atoms with van der Waals surface area (Å²) in [6.45, 7) is 4.57. The Bertz CT molecular complexity index is 394. The first-order chi connectivity index (χ1) is 9.04. The van der Waals surface area contributed by atoms with Gasteiger partial charge in [0.25, 0.3) is 0 Å². The molecule has 2 atom stereocenters. The predicted molar refractivity (Wildman–Crippen MR) is 70.8 cm³/mol. The van der Waals surface area contributed by atoms with Crippen LogP contribution in [0.1, 0.15) is 25.8 Å². The van der Waals surface area contributed by atoms with Crippen molar-refractivity contribution in [3.8, 4) is 0 Å². The maximum Gasteiger partial charge on any atom is 0.323 e. The van der Waals surface area contributed by atoms with E-state index >= 15 is 0 Å². The third-order valence-corrected chi connectivity index (χ3v) is 2.51. The van der Waals surface area contributed by atoms with Crippen molar-refractivity contribution in [2.75, 3.05) is 11.9 Å². The lowest BCUT2D eigenvalue weighted by Crippen LogP contribution is -2.44. The Balaban J connectivity index is 2.51. The second-order valence-electron chi connectivity index (χ2n) is 4.28. The fraction of sp³-hybridized carbons (Fsp3) is 0.583. The van der Waals surface area contributed by atoms with Crippen LogP contribution in [-0.2, 0) is 11.3 Å². The number of nitrogens with zero attached hydrogens (tertiary/aromatic N) is 2. The first-order valence-electron chi connectivity index (χ1n) is 6.23. The van der Waals surface area contributed by atoms with Crippen LogP contribution >= 0.6 is 0 Å². The van der Waals surface area contributed by atoms with Crippen LogP contribution in [0.3, 0.4) is 0 Å². The van der Waals surface area contributed by atoms with Gasteiger partial charge in [0.05, 0.1) is 6.10 Å². The number of nitrogens with one attached hydrogen (secondary N) is 2. The molecule has 0 aromatic carbocycles. The van der Waals surface area contributed by atoms with Crippen LogP contribution in [0, 0.1) is 0 Å². The first-order valence-corrected chi connectivity index (χ1v) is 6.23. The third-order valence-electron chi connectivity index (χ3n) is 2.51. The molecule has 0 aliphatic rings. The zero-order chi connectivity index (χ0) is 14.3. The molecule has 0 radical (unpaired) electrons. The molecule has 0 saturated heterocycles. The van der Waals surface area contributed by atoms with Gasteiger partial charge < -0.3 is 15.5 Å². The van der Waals surface area contributed by atoms with Crippen LogP contribution in [0.4, 0.5) is 5.95 Å². The van der Waals surface area contributed by atoms with E-state index in [0.717, 1.165) is 18.5 Å². The number of hydrogen-bond acceptors (Lipinski definition) is 6. The quantitative estimate of drug-likeness (QED) is 0.534. The molecule has 0 unspecified atom stereocenters. The largest absolute Gasteiger partial charge is 0.480 e. The van der Waals surface area contributed by atoms with Gasteiger partial charge in [-0.05, 0) is 13.3 Å². The van der Waals surface area contributed by atoms with Gasteiger partial charge in [-0.1, -0.05) is 6.92 Å². The molecule has 4 N–H and O–H groups in total. The topological polar surface area (TPSA) is 107 Å². The van der Waals surface area contributed by atoms with Crippen molar-refractivity contribution in [3.63, 3.8) is 0 Å². The normalized spacial score (nSPS) is 13.8. The second kappa shape index (κ2) is 7.65. The molecule has 7 heteroatoms. The number of aliphatic carboxylic acids is 1. The van der Waals surface area contributed by atoms with E-state index in [1.54, 1.807) is 12.4 Å². The average Bonchev–Trinajstić information content (AvgIpc) is 2.37. The highest BCUT2D eigenvalue weighted by Gasteiger charge is 2.21. The lowest BCUT2D eigenvalue weighted by Gasteiger charge is -2.16. The number of aromatic nitrogens is 2. The van der Waals surface area contributed by atoms with Gasteiger partial charge in [0, 0.05) is 31.0 Å². The highest BCUT2D eigenvalue weighted by Crippen LogP contribution is 2.02. The van der Waals surface area contributed by atoms with E-state index in [-0.39, 0.29) is 6.54 Å². The van der Waals surface area contributed by atoms with Gasteiger partial charge in [-0.15, -0.1) is 0 Å². The zero-order valence-corrected chi connectivity index (χ0v) is 11.1. The average molecular weight is 268 g/mol. The fourth-order valence-corrected chi connectivity index (χ4v) is 1.47. The standard InChI is InChI=1S/C12H20N4O3/c1-3-4-13-12-15-6-9(7-16-12)5-14-10(8(2)17)11(18)19/h6-8,10,14,17H,3-5H2,1-2H3,(H,18,19)(H,13,15,16)/t8-,10-/m1/s1. The van der Waals surface area contributed by atoms with Crippen molar-refractivity contribution in [2.24, 2.45) is 0 Å². The monoisotopic (exact) mass is 268 g/mol. The van der Waals surface area contributed by atoms with E-state index in [2.05, 4.69) is 20.6 Å². The Morgan fingerprint density at radius 1 is 1.42 bits per heavy atom. The van der Waals surface area contributed by atoms with E-state index in [9.17, 15) is 9.90 Å². The summed E-state index contributed by atoms with van der Waals surface area (Å²) in [6.07, 6.45) is 3.27. The number of rotatable bonds is 8. The van der Waals surface area contributed by atoms with Crippen LogP contribution in [0.15, 0.2) is 12.4 Å². The number of anilines is 1. The molecule has 0 bridgehead atoms. The molecule has 0 amide bonds. The molecule has 7 nitrogen and oxygen atoms in total. The highest BCUT2D eigenvalue weighted by atomic mass is 16.4. The Labute approximate surface area is 112 Å². The van der Waals surface area contributed by atoms with Crippen LogP contribution in [0.25, 0.3) is 0 Å². The number of carboxylic acids is 1. The smallest absolute Gasteiger partial charge is 0.323 e. The zero-order valence-electron chi connectivity index (χ0n) is 11.1. The van der Waals surface area contributed by atoms with Gasteiger partial charge in [0.2, 0.25) is 5.95 Å². The van der Waals surface area contributed by atoms with Crippen molar-refractivity contribution in [1.82, 2.24) is 15.3 Å². The summed E-state index contributed by atoms with van der Waals surface area (Å²) in [5, 5.41) is 24.0. The lowest BCUT2D eigenvalue weighted by atomic mass is 10.2. The summed E-state index contributed by atoms with van der Waals surface area (Å²) in [5.41, 5.74) is 0.758.